The molecule has 0 saturated heterocycles. The lowest BCUT2D eigenvalue weighted by molar-refractivity contribution is 0.0596. The van der Waals surface area contributed by atoms with Crippen LogP contribution in [0.3, 0.4) is 0 Å². The van der Waals surface area contributed by atoms with E-state index in [2.05, 4.69) is 0 Å². The largest absolute Gasteiger partial charge is 0.465 e. The molecule has 0 heterocycles. The average Bonchev–Trinajstić information content (AvgIpc) is 2.39. The second kappa shape index (κ2) is 4.88. The minimum atomic E-state index is -0.358. The van der Waals surface area contributed by atoms with Gasteiger partial charge < -0.3 is 10.5 Å². The highest BCUT2D eigenvalue weighted by Gasteiger charge is 2.32. The smallest absolute Gasteiger partial charge is 0.338 e. The number of methoxy groups -OCH3 is 1. The number of benzene rings is 1. The van der Waals surface area contributed by atoms with Gasteiger partial charge in [0.05, 0.1) is 12.7 Å². The summed E-state index contributed by atoms with van der Waals surface area (Å²) in [6, 6.07) is 7.54. The van der Waals surface area contributed by atoms with Crippen molar-refractivity contribution in [2.75, 3.05) is 7.11 Å². The highest BCUT2D eigenvalue weighted by molar-refractivity contribution is 5.91. The van der Waals surface area contributed by atoms with Crippen molar-refractivity contribution in [3.63, 3.8) is 0 Å². The van der Waals surface area contributed by atoms with Crippen molar-refractivity contribution in [1.82, 2.24) is 0 Å². The third-order valence-corrected chi connectivity index (χ3v) is 3.61. The van der Waals surface area contributed by atoms with Crippen LogP contribution in [-0.2, 0) is 10.3 Å². The van der Waals surface area contributed by atoms with Gasteiger partial charge in [0.15, 0.2) is 0 Å². The normalized spacial score (nSPS) is 18.7. The molecule has 1 aliphatic carbocycles. The zero-order valence-corrected chi connectivity index (χ0v) is 10.2. The van der Waals surface area contributed by atoms with Crippen molar-refractivity contribution in [3.8, 4) is 0 Å². The first-order valence-electron chi connectivity index (χ1n) is 6.14. The first-order valence-corrected chi connectivity index (χ1v) is 6.14. The van der Waals surface area contributed by atoms with E-state index in [1.807, 2.05) is 18.2 Å². The first-order chi connectivity index (χ1) is 8.17. The maximum atomic E-state index is 11.7. The molecule has 0 unspecified atom stereocenters. The van der Waals surface area contributed by atoms with Gasteiger partial charge in [0.2, 0.25) is 0 Å². The highest BCUT2D eigenvalue weighted by atomic mass is 16.5. The van der Waals surface area contributed by atoms with Crippen molar-refractivity contribution >= 4 is 5.97 Å². The minimum Gasteiger partial charge on any atom is -0.465 e. The number of rotatable bonds is 2. The number of esters is 1. The molecular formula is C14H19NO2. The van der Waals surface area contributed by atoms with Gasteiger partial charge in [-0.05, 0) is 24.5 Å². The fourth-order valence-corrected chi connectivity index (χ4v) is 2.66. The summed E-state index contributed by atoms with van der Waals surface area (Å²) >= 11 is 0. The lowest BCUT2D eigenvalue weighted by Crippen LogP contribution is -2.40. The lowest BCUT2D eigenvalue weighted by Gasteiger charge is -2.35. The van der Waals surface area contributed by atoms with E-state index >= 15 is 0 Å². The molecule has 0 bridgehead atoms. The van der Waals surface area contributed by atoms with Crippen LogP contribution in [0.1, 0.15) is 48.0 Å². The first kappa shape index (κ1) is 12.1. The molecule has 0 radical (unpaired) electrons. The third kappa shape index (κ3) is 2.34. The summed E-state index contributed by atoms with van der Waals surface area (Å²) in [7, 11) is 1.41. The van der Waals surface area contributed by atoms with E-state index in [4.69, 9.17) is 10.5 Å². The van der Waals surface area contributed by atoms with Crippen molar-refractivity contribution in [1.29, 1.82) is 0 Å². The molecule has 2 rings (SSSR count). The monoisotopic (exact) mass is 233 g/mol. The number of carbonyl (C=O) groups excluding carboxylic acids is 1. The SMILES string of the molecule is COC(=O)c1ccccc1C1(N)CCCCC1. The molecular weight excluding hydrogens is 214 g/mol. The predicted molar refractivity (Wildman–Crippen MR) is 66.7 cm³/mol. The Kier molecular flexibility index (Phi) is 3.48. The second-order valence-corrected chi connectivity index (χ2v) is 4.75. The summed E-state index contributed by atoms with van der Waals surface area (Å²) < 4.78 is 4.82. The van der Waals surface area contributed by atoms with Crippen LogP contribution in [0.2, 0.25) is 0 Å². The molecule has 2 N–H and O–H groups in total. The van der Waals surface area contributed by atoms with Crippen molar-refractivity contribution in [2.45, 2.75) is 37.6 Å². The molecule has 0 aliphatic heterocycles. The molecule has 3 nitrogen and oxygen atoms in total. The van der Waals surface area contributed by atoms with Crippen LogP contribution in [0.15, 0.2) is 24.3 Å². The van der Waals surface area contributed by atoms with Gasteiger partial charge in [0.25, 0.3) is 0 Å². The van der Waals surface area contributed by atoms with Crippen LogP contribution in [0.25, 0.3) is 0 Å². The molecule has 17 heavy (non-hydrogen) atoms. The van der Waals surface area contributed by atoms with Crippen LogP contribution < -0.4 is 5.73 Å². The third-order valence-electron chi connectivity index (χ3n) is 3.61. The quantitative estimate of drug-likeness (QED) is 0.799. The molecule has 3 heteroatoms. The average molecular weight is 233 g/mol. The molecule has 1 fully saturated rings. The van der Waals surface area contributed by atoms with Gasteiger partial charge in [0.1, 0.15) is 0 Å². The van der Waals surface area contributed by atoms with Crippen LogP contribution in [-0.4, -0.2) is 13.1 Å². The molecule has 92 valence electrons. The van der Waals surface area contributed by atoms with E-state index < -0.39 is 0 Å². The zero-order valence-electron chi connectivity index (χ0n) is 10.2. The van der Waals surface area contributed by atoms with Crippen molar-refractivity contribution in [3.05, 3.63) is 35.4 Å². The zero-order chi connectivity index (χ0) is 12.3. The van der Waals surface area contributed by atoms with E-state index in [1.165, 1.54) is 13.5 Å². The molecule has 0 spiro atoms. The lowest BCUT2D eigenvalue weighted by atomic mass is 9.76. The van der Waals surface area contributed by atoms with Crippen molar-refractivity contribution < 1.29 is 9.53 Å². The Morgan fingerprint density at radius 1 is 1.24 bits per heavy atom. The van der Waals surface area contributed by atoms with Gasteiger partial charge >= 0.3 is 5.97 Å². The summed E-state index contributed by atoms with van der Waals surface area (Å²) in [6.45, 7) is 0. The maximum absolute atomic E-state index is 11.7. The van der Waals surface area contributed by atoms with E-state index in [1.54, 1.807) is 6.07 Å². The van der Waals surface area contributed by atoms with Crippen molar-refractivity contribution in [2.24, 2.45) is 5.73 Å². The summed E-state index contributed by atoms with van der Waals surface area (Å²) in [5.74, 6) is -0.295. The summed E-state index contributed by atoms with van der Waals surface area (Å²) in [5, 5.41) is 0. The maximum Gasteiger partial charge on any atom is 0.338 e. The number of carbonyl (C=O) groups is 1. The Balaban J connectivity index is 2.40. The van der Waals surface area contributed by atoms with E-state index in [-0.39, 0.29) is 11.5 Å². The molecule has 1 saturated carbocycles. The number of ether oxygens (including phenoxy) is 1. The molecule has 0 atom stereocenters. The summed E-state index contributed by atoms with van der Waals surface area (Å²) in [6.07, 6.45) is 5.39. The number of hydrogen-bond acceptors (Lipinski definition) is 3. The fraction of sp³-hybridized carbons (Fsp3) is 0.500. The van der Waals surface area contributed by atoms with Gasteiger partial charge in [-0.25, -0.2) is 4.79 Å². The number of hydrogen-bond donors (Lipinski definition) is 1. The van der Waals surface area contributed by atoms with Crippen LogP contribution in [0, 0.1) is 0 Å². The molecule has 1 aromatic carbocycles. The van der Waals surface area contributed by atoms with Crippen LogP contribution in [0.4, 0.5) is 0 Å². The topological polar surface area (TPSA) is 52.3 Å². The Labute approximate surface area is 102 Å². The van der Waals surface area contributed by atoms with Gasteiger partial charge in [-0.15, -0.1) is 0 Å². The fourth-order valence-electron chi connectivity index (χ4n) is 2.66. The Bertz CT molecular complexity index is 408. The minimum absolute atomic E-state index is 0.295. The molecule has 0 amide bonds. The predicted octanol–water partition coefficient (Wildman–Crippen LogP) is 2.59. The van der Waals surface area contributed by atoms with E-state index in [9.17, 15) is 4.79 Å². The van der Waals surface area contributed by atoms with Gasteiger partial charge in [0, 0.05) is 5.54 Å². The van der Waals surface area contributed by atoms with Crippen LogP contribution in [0.5, 0.6) is 0 Å². The Morgan fingerprint density at radius 2 is 1.88 bits per heavy atom. The Hall–Kier alpha value is -1.35. The summed E-state index contributed by atoms with van der Waals surface area (Å²) in [4.78, 5) is 11.7. The van der Waals surface area contributed by atoms with Gasteiger partial charge in [-0.3, -0.25) is 0 Å². The summed E-state index contributed by atoms with van der Waals surface area (Å²) in [5.41, 5.74) is 7.65. The van der Waals surface area contributed by atoms with Crippen LogP contribution >= 0.6 is 0 Å². The van der Waals surface area contributed by atoms with Gasteiger partial charge in [-0.2, -0.15) is 0 Å². The van der Waals surface area contributed by atoms with E-state index in [0.717, 1.165) is 31.2 Å². The molecule has 0 aromatic heterocycles. The second-order valence-electron chi connectivity index (χ2n) is 4.75. The molecule has 1 aromatic rings. The number of nitrogens with two attached hydrogens (primary N) is 1. The van der Waals surface area contributed by atoms with E-state index in [0.29, 0.717) is 5.56 Å². The Morgan fingerprint density at radius 3 is 2.53 bits per heavy atom. The standard InChI is InChI=1S/C14H19NO2/c1-17-13(16)11-7-3-4-8-12(11)14(15)9-5-2-6-10-14/h3-4,7-8H,2,5-6,9-10,15H2,1H3. The molecule has 1 aliphatic rings. The van der Waals surface area contributed by atoms with Gasteiger partial charge in [-0.1, -0.05) is 37.5 Å². The highest BCUT2D eigenvalue weighted by Crippen LogP contribution is 2.36.